The van der Waals surface area contributed by atoms with Gasteiger partial charge in [-0.2, -0.15) is 0 Å². The van der Waals surface area contributed by atoms with Crippen molar-refractivity contribution in [3.63, 3.8) is 0 Å². The van der Waals surface area contributed by atoms with Gasteiger partial charge in [-0.3, -0.25) is 14.6 Å². The number of hydrogen-bond donors (Lipinski definition) is 0. The zero-order chi connectivity index (χ0) is 24.1. The Balaban J connectivity index is 1.61. The lowest BCUT2D eigenvalue weighted by atomic mass is 10.1. The first-order chi connectivity index (χ1) is 16.3. The van der Waals surface area contributed by atoms with E-state index in [4.69, 9.17) is 4.74 Å². The molecule has 4 rings (SSSR count). The molecule has 1 amide bonds. The van der Waals surface area contributed by atoms with Gasteiger partial charge < -0.3 is 4.74 Å². The normalized spacial score (nSPS) is 15.0. The van der Waals surface area contributed by atoms with Crippen molar-refractivity contribution in [1.29, 1.82) is 0 Å². The van der Waals surface area contributed by atoms with Crippen molar-refractivity contribution in [1.82, 2.24) is 9.88 Å². The van der Waals surface area contributed by atoms with Gasteiger partial charge in [-0.1, -0.05) is 36.5 Å². The van der Waals surface area contributed by atoms with Crippen LogP contribution in [0.15, 0.2) is 52.3 Å². The topological polar surface area (TPSA) is 79.8 Å². The number of sulfone groups is 1. The lowest BCUT2D eigenvalue weighted by Crippen LogP contribution is -2.43. The number of aromatic nitrogens is 1. The number of thioether (sulfide) groups is 1. The average molecular weight is 520 g/mol. The number of hydrogen-bond acceptors (Lipinski definition) is 8. The quantitative estimate of drug-likeness (QED) is 0.399. The molecule has 2 heterocycles. The Morgan fingerprint density at radius 1 is 1.18 bits per heavy atom. The number of carbonyl (C=O) groups excluding carboxylic acids is 1. The molecule has 10 heteroatoms. The number of rotatable bonds is 9. The maximum atomic E-state index is 13.5. The third kappa shape index (κ3) is 6.17. The molecule has 3 aromatic rings. The molecule has 34 heavy (non-hydrogen) atoms. The maximum absolute atomic E-state index is 13.5. The lowest BCUT2D eigenvalue weighted by molar-refractivity contribution is -0.118. The number of benzene rings is 2. The fourth-order valence-corrected chi connectivity index (χ4v) is 6.45. The minimum absolute atomic E-state index is 0.0517. The van der Waals surface area contributed by atoms with E-state index in [2.05, 4.69) is 16.8 Å². The molecule has 1 saturated heterocycles. The molecular formula is C24H29N3O4S3. The zero-order valence-electron chi connectivity index (χ0n) is 19.4. The minimum atomic E-state index is -3.43. The second-order valence-corrected chi connectivity index (χ2v) is 12.5. The second kappa shape index (κ2) is 11.2. The largest absolute Gasteiger partial charge is 0.379 e. The first kappa shape index (κ1) is 25.1. The summed E-state index contributed by atoms with van der Waals surface area (Å²) >= 11 is 3.12. The third-order valence-corrected chi connectivity index (χ3v) is 8.70. The Hall–Kier alpha value is -1.98. The monoisotopic (exact) mass is 519 g/mol. The maximum Gasteiger partial charge on any atom is 0.233 e. The number of ether oxygens (including phenoxy) is 1. The fourth-order valence-electron chi connectivity index (χ4n) is 3.86. The van der Waals surface area contributed by atoms with Gasteiger partial charge in [-0.05, 0) is 35.6 Å². The van der Waals surface area contributed by atoms with Gasteiger partial charge in [0.05, 0.1) is 29.2 Å². The second-order valence-electron chi connectivity index (χ2n) is 8.12. The Labute approximate surface area is 209 Å². The van der Waals surface area contributed by atoms with Gasteiger partial charge >= 0.3 is 0 Å². The molecule has 0 radical (unpaired) electrons. The van der Waals surface area contributed by atoms with E-state index in [1.807, 2.05) is 30.3 Å². The van der Waals surface area contributed by atoms with Crippen LogP contribution in [0.1, 0.15) is 12.5 Å². The summed E-state index contributed by atoms with van der Waals surface area (Å²) in [7, 11) is -3.43. The molecule has 1 fully saturated rings. The number of nitrogens with zero attached hydrogens (tertiary/aromatic N) is 3. The van der Waals surface area contributed by atoms with Crippen molar-refractivity contribution in [2.45, 2.75) is 23.1 Å². The molecule has 0 aliphatic carbocycles. The van der Waals surface area contributed by atoms with Crippen LogP contribution in [0.5, 0.6) is 0 Å². The summed E-state index contributed by atoms with van der Waals surface area (Å²) in [5.41, 5.74) is 1.37. The van der Waals surface area contributed by atoms with Crippen LogP contribution in [0.25, 0.3) is 10.2 Å². The molecule has 0 N–H and O–H groups in total. The molecule has 0 bridgehead atoms. The molecule has 0 saturated carbocycles. The number of anilines is 1. The van der Waals surface area contributed by atoms with Crippen LogP contribution in [-0.4, -0.2) is 75.6 Å². The molecule has 7 nitrogen and oxygen atoms in total. The summed E-state index contributed by atoms with van der Waals surface area (Å²) in [6.07, 6.45) is 1.44. The molecule has 0 unspecified atom stereocenters. The molecule has 1 aliphatic rings. The minimum Gasteiger partial charge on any atom is -0.379 e. The molecular weight excluding hydrogens is 490 g/mol. The lowest BCUT2D eigenvalue weighted by Gasteiger charge is -2.29. The van der Waals surface area contributed by atoms with E-state index in [1.165, 1.54) is 22.5 Å². The molecule has 2 aromatic carbocycles. The molecule has 1 aliphatic heterocycles. The summed E-state index contributed by atoms with van der Waals surface area (Å²) in [5.74, 6) is 0.949. The van der Waals surface area contributed by atoms with Crippen molar-refractivity contribution in [3.8, 4) is 0 Å². The van der Waals surface area contributed by atoms with Crippen LogP contribution in [0, 0.1) is 0 Å². The first-order valence-electron chi connectivity index (χ1n) is 11.3. The predicted molar refractivity (Wildman–Crippen MR) is 139 cm³/mol. The highest BCUT2D eigenvalue weighted by Gasteiger charge is 2.24. The van der Waals surface area contributed by atoms with E-state index < -0.39 is 9.84 Å². The van der Waals surface area contributed by atoms with Gasteiger partial charge in [-0.25, -0.2) is 13.4 Å². The fraction of sp³-hybridized carbons (Fsp3) is 0.417. The molecule has 0 spiro atoms. The highest BCUT2D eigenvalue weighted by Crippen LogP contribution is 2.33. The number of amides is 1. The summed E-state index contributed by atoms with van der Waals surface area (Å²) < 4.78 is 30.7. The van der Waals surface area contributed by atoms with Gasteiger partial charge in [0, 0.05) is 37.3 Å². The zero-order valence-corrected chi connectivity index (χ0v) is 21.8. The van der Waals surface area contributed by atoms with Crippen LogP contribution in [0.2, 0.25) is 0 Å². The van der Waals surface area contributed by atoms with Crippen LogP contribution in [-0.2, 0) is 25.8 Å². The van der Waals surface area contributed by atoms with Crippen LogP contribution >= 0.6 is 23.1 Å². The Kier molecular flexibility index (Phi) is 8.26. The van der Waals surface area contributed by atoms with Crippen LogP contribution in [0.3, 0.4) is 0 Å². The van der Waals surface area contributed by atoms with Crippen LogP contribution in [0.4, 0.5) is 5.13 Å². The number of morpholine rings is 1. The van der Waals surface area contributed by atoms with Crippen molar-refractivity contribution < 1.29 is 17.9 Å². The number of thiazole rings is 1. The number of para-hydroxylation sites is 1. The standard InChI is InChI=1S/C24H29N3O4S3/c1-3-32-19-9-7-18(8-10-19)17-22(28)27(12-11-26-13-15-31-16-14-26)24-25-23-20(33-24)5-4-6-21(23)34(2,29)30/h4-10H,3,11-17H2,1-2H3. The van der Waals surface area contributed by atoms with Gasteiger partial charge in [0.1, 0.15) is 5.52 Å². The van der Waals surface area contributed by atoms with Gasteiger partial charge in [0.15, 0.2) is 15.0 Å². The van der Waals surface area contributed by atoms with E-state index in [9.17, 15) is 13.2 Å². The number of carbonyl (C=O) groups is 1. The Morgan fingerprint density at radius 3 is 2.59 bits per heavy atom. The van der Waals surface area contributed by atoms with Crippen molar-refractivity contribution in [3.05, 3.63) is 48.0 Å². The Morgan fingerprint density at radius 2 is 1.91 bits per heavy atom. The van der Waals surface area contributed by atoms with Crippen molar-refractivity contribution in [2.75, 3.05) is 56.3 Å². The first-order valence-corrected chi connectivity index (χ1v) is 15.0. The summed E-state index contributed by atoms with van der Waals surface area (Å²) in [5, 5.41) is 0.530. The number of fused-ring (bicyclic) bond motifs is 1. The SMILES string of the molecule is CCSc1ccc(CC(=O)N(CCN2CCOCC2)c2nc3c(S(C)(=O)=O)cccc3s2)cc1. The summed E-state index contributed by atoms with van der Waals surface area (Å²) in [6.45, 7) is 6.34. The highest BCUT2D eigenvalue weighted by atomic mass is 32.2. The Bertz CT molecular complexity index is 1240. The van der Waals surface area contributed by atoms with E-state index >= 15 is 0 Å². The van der Waals surface area contributed by atoms with E-state index in [1.54, 1.807) is 28.8 Å². The highest BCUT2D eigenvalue weighted by molar-refractivity contribution is 7.99. The van der Waals surface area contributed by atoms with Crippen molar-refractivity contribution >= 4 is 54.2 Å². The van der Waals surface area contributed by atoms with E-state index in [0.29, 0.717) is 37.0 Å². The third-order valence-electron chi connectivity index (χ3n) is 5.64. The van der Waals surface area contributed by atoms with Crippen LogP contribution < -0.4 is 4.90 Å². The average Bonchev–Trinajstić information content (AvgIpc) is 3.24. The molecule has 0 atom stereocenters. The van der Waals surface area contributed by atoms with E-state index in [-0.39, 0.29) is 17.2 Å². The van der Waals surface area contributed by atoms with Gasteiger partial charge in [0.2, 0.25) is 5.91 Å². The van der Waals surface area contributed by atoms with Crippen molar-refractivity contribution in [2.24, 2.45) is 0 Å². The summed E-state index contributed by atoms with van der Waals surface area (Å²) in [6, 6.07) is 13.2. The predicted octanol–water partition coefficient (Wildman–Crippen LogP) is 3.72. The summed E-state index contributed by atoms with van der Waals surface area (Å²) in [4.78, 5) is 23.5. The molecule has 182 valence electrons. The van der Waals surface area contributed by atoms with Gasteiger partial charge in [-0.15, -0.1) is 11.8 Å². The van der Waals surface area contributed by atoms with E-state index in [0.717, 1.165) is 29.1 Å². The van der Waals surface area contributed by atoms with Gasteiger partial charge in [0.25, 0.3) is 0 Å². The smallest absolute Gasteiger partial charge is 0.233 e. The molecule has 1 aromatic heterocycles.